The highest BCUT2D eigenvalue weighted by Crippen LogP contribution is 2.23. The smallest absolute Gasteiger partial charge is 0.405 e. The lowest BCUT2D eigenvalue weighted by atomic mass is 10.0. The maximum Gasteiger partial charge on any atom is 0.405 e. The standard InChI is InChI=1S/C18H18F3NO2/c1-12-3-5-14(6-4-12)15-7-9-16(10-8-15)24-13(2)17(23)22-11-18(19,20)21/h3-10,13H,11H2,1-2H3,(H,22,23)/t13-/m0/s1. The molecule has 1 N–H and O–H groups in total. The zero-order chi connectivity index (χ0) is 17.7. The molecule has 0 radical (unpaired) electrons. The summed E-state index contributed by atoms with van der Waals surface area (Å²) in [7, 11) is 0. The van der Waals surface area contributed by atoms with Gasteiger partial charge in [-0.15, -0.1) is 0 Å². The molecule has 1 atom stereocenters. The van der Waals surface area contributed by atoms with Crippen LogP contribution in [0.4, 0.5) is 13.2 Å². The molecular formula is C18H18F3NO2. The number of halogens is 3. The third-order valence-electron chi connectivity index (χ3n) is 3.38. The molecular weight excluding hydrogens is 319 g/mol. The van der Waals surface area contributed by atoms with E-state index in [1.807, 2.05) is 43.3 Å². The molecule has 0 spiro atoms. The molecule has 6 heteroatoms. The first-order valence-corrected chi connectivity index (χ1v) is 7.43. The fourth-order valence-electron chi connectivity index (χ4n) is 2.06. The van der Waals surface area contributed by atoms with E-state index in [1.165, 1.54) is 6.92 Å². The van der Waals surface area contributed by atoms with Gasteiger partial charge in [0.25, 0.3) is 5.91 Å². The van der Waals surface area contributed by atoms with E-state index in [9.17, 15) is 18.0 Å². The number of hydrogen-bond acceptors (Lipinski definition) is 2. The molecule has 0 aliphatic heterocycles. The minimum atomic E-state index is -4.44. The molecule has 24 heavy (non-hydrogen) atoms. The van der Waals surface area contributed by atoms with E-state index >= 15 is 0 Å². The summed E-state index contributed by atoms with van der Waals surface area (Å²) in [5, 5.41) is 1.80. The van der Waals surface area contributed by atoms with Gasteiger partial charge in [0.05, 0.1) is 0 Å². The lowest BCUT2D eigenvalue weighted by Crippen LogP contribution is -2.41. The van der Waals surface area contributed by atoms with Gasteiger partial charge in [0.1, 0.15) is 12.3 Å². The lowest BCUT2D eigenvalue weighted by Gasteiger charge is -2.16. The summed E-state index contributed by atoms with van der Waals surface area (Å²) in [6.07, 6.45) is -5.46. The number of nitrogens with one attached hydrogen (secondary N) is 1. The molecule has 0 bridgehead atoms. The number of ether oxygens (including phenoxy) is 1. The highest BCUT2D eigenvalue weighted by Gasteiger charge is 2.29. The minimum Gasteiger partial charge on any atom is -0.481 e. The van der Waals surface area contributed by atoms with Crippen LogP contribution in [0.5, 0.6) is 5.75 Å². The summed E-state index contributed by atoms with van der Waals surface area (Å²) < 4.78 is 41.6. The van der Waals surface area contributed by atoms with Crippen LogP contribution in [0.25, 0.3) is 11.1 Å². The van der Waals surface area contributed by atoms with Crippen LogP contribution >= 0.6 is 0 Å². The van der Waals surface area contributed by atoms with E-state index in [2.05, 4.69) is 0 Å². The average Bonchev–Trinajstić information content (AvgIpc) is 2.53. The number of hydrogen-bond donors (Lipinski definition) is 1. The van der Waals surface area contributed by atoms with Gasteiger partial charge < -0.3 is 10.1 Å². The van der Waals surface area contributed by atoms with Crippen LogP contribution in [0.1, 0.15) is 12.5 Å². The normalized spacial score (nSPS) is 12.5. The van der Waals surface area contributed by atoms with Crippen molar-refractivity contribution in [3.05, 3.63) is 54.1 Å². The van der Waals surface area contributed by atoms with Gasteiger partial charge in [-0.2, -0.15) is 13.2 Å². The number of amides is 1. The zero-order valence-corrected chi connectivity index (χ0v) is 13.4. The maximum absolute atomic E-state index is 12.1. The van der Waals surface area contributed by atoms with Gasteiger partial charge in [-0.1, -0.05) is 42.0 Å². The summed E-state index contributed by atoms with van der Waals surface area (Å²) >= 11 is 0. The third kappa shape index (κ3) is 5.30. The van der Waals surface area contributed by atoms with Crippen molar-refractivity contribution in [3.8, 4) is 16.9 Å². The van der Waals surface area contributed by atoms with Crippen molar-refractivity contribution in [2.45, 2.75) is 26.1 Å². The first-order chi connectivity index (χ1) is 11.2. The first-order valence-electron chi connectivity index (χ1n) is 7.43. The van der Waals surface area contributed by atoms with Crippen LogP contribution in [0.2, 0.25) is 0 Å². The molecule has 128 valence electrons. The van der Waals surface area contributed by atoms with Crippen molar-refractivity contribution in [2.24, 2.45) is 0 Å². The SMILES string of the molecule is Cc1ccc(-c2ccc(O[C@@H](C)C(=O)NCC(F)(F)F)cc2)cc1. The molecule has 0 saturated heterocycles. The van der Waals surface area contributed by atoms with Crippen LogP contribution in [-0.4, -0.2) is 24.7 Å². The number of benzene rings is 2. The van der Waals surface area contributed by atoms with Gasteiger partial charge in [0.2, 0.25) is 0 Å². The lowest BCUT2D eigenvalue weighted by molar-refractivity contribution is -0.142. The van der Waals surface area contributed by atoms with Crippen molar-refractivity contribution in [3.63, 3.8) is 0 Å². The predicted octanol–water partition coefficient (Wildman–Crippen LogP) is 4.11. The van der Waals surface area contributed by atoms with E-state index in [0.717, 1.165) is 16.7 Å². The van der Waals surface area contributed by atoms with Crippen molar-refractivity contribution < 1.29 is 22.7 Å². The van der Waals surface area contributed by atoms with Gasteiger partial charge in [-0.25, -0.2) is 0 Å². The molecule has 2 aromatic carbocycles. The molecule has 0 aliphatic carbocycles. The van der Waals surface area contributed by atoms with E-state index in [4.69, 9.17) is 4.74 Å². The molecule has 3 nitrogen and oxygen atoms in total. The second kappa shape index (κ2) is 7.38. The topological polar surface area (TPSA) is 38.3 Å². The number of rotatable bonds is 5. The number of carbonyl (C=O) groups is 1. The quantitative estimate of drug-likeness (QED) is 0.892. The number of aryl methyl sites for hydroxylation is 1. The summed E-state index contributed by atoms with van der Waals surface area (Å²) in [6.45, 7) is 2.04. The molecule has 0 saturated carbocycles. The van der Waals surface area contributed by atoms with E-state index in [1.54, 1.807) is 17.4 Å². The van der Waals surface area contributed by atoms with Gasteiger partial charge >= 0.3 is 6.18 Å². The number of carbonyl (C=O) groups excluding carboxylic acids is 1. The zero-order valence-electron chi connectivity index (χ0n) is 13.4. The molecule has 0 fully saturated rings. The molecule has 0 aromatic heterocycles. The Labute approximate surface area is 138 Å². The van der Waals surface area contributed by atoms with Gasteiger partial charge in [-0.3, -0.25) is 4.79 Å². The Morgan fingerprint density at radius 2 is 1.54 bits per heavy atom. The van der Waals surface area contributed by atoms with Crippen molar-refractivity contribution in [2.75, 3.05) is 6.54 Å². The second-order valence-electron chi connectivity index (χ2n) is 5.48. The predicted molar refractivity (Wildman–Crippen MR) is 85.8 cm³/mol. The van der Waals surface area contributed by atoms with Gasteiger partial charge in [-0.05, 0) is 37.1 Å². The van der Waals surface area contributed by atoms with Crippen molar-refractivity contribution in [1.82, 2.24) is 5.32 Å². The van der Waals surface area contributed by atoms with Crippen LogP contribution in [0.3, 0.4) is 0 Å². The molecule has 0 unspecified atom stereocenters. The first kappa shape index (κ1) is 17.8. The summed E-state index contributed by atoms with van der Waals surface area (Å²) in [5.74, 6) is -0.393. The van der Waals surface area contributed by atoms with E-state index in [-0.39, 0.29) is 0 Å². The third-order valence-corrected chi connectivity index (χ3v) is 3.38. The fraction of sp³-hybridized carbons (Fsp3) is 0.278. The Balaban J connectivity index is 1.96. The molecule has 0 heterocycles. The van der Waals surface area contributed by atoms with E-state index < -0.39 is 24.7 Å². The summed E-state index contributed by atoms with van der Waals surface area (Å²) in [4.78, 5) is 11.6. The molecule has 2 rings (SSSR count). The monoisotopic (exact) mass is 337 g/mol. The highest BCUT2D eigenvalue weighted by molar-refractivity contribution is 5.80. The van der Waals surface area contributed by atoms with Gasteiger partial charge in [0.15, 0.2) is 6.10 Å². The Bertz CT molecular complexity index is 679. The largest absolute Gasteiger partial charge is 0.481 e. The Kier molecular flexibility index (Phi) is 5.49. The van der Waals surface area contributed by atoms with Crippen LogP contribution in [0.15, 0.2) is 48.5 Å². The van der Waals surface area contributed by atoms with Crippen molar-refractivity contribution >= 4 is 5.91 Å². The Morgan fingerprint density at radius 3 is 2.04 bits per heavy atom. The van der Waals surface area contributed by atoms with Crippen LogP contribution < -0.4 is 10.1 Å². The molecule has 2 aromatic rings. The second-order valence-corrected chi connectivity index (χ2v) is 5.48. The maximum atomic E-state index is 12.1. The Morgan fingerprint density at radius 1 is 1.04 bits per heavy atom. The molecule has 1 amide bonds. The van der Waals surface area contributed by atoms with E-state index in [0.29, 0.717) is 5.75 Å². The van der Waals surface area contributed by atoms with Gasteiger partial charge in [0, 0.05) is 0 Å². The van der Waals surface area contributed by atoms with Crippen LogP contribution in [0, 0.1) is 6.92 Å². The van der Waals surface area contributed by atoms with Crippen molar-refractivity contribution in [1.29, 1.82) is 0 Å². The van der Waals surface area contributed by atoms with Crippen LogP contribution in [-0.2, 0) is 4.79 Å². The summed E-state index contributed by atoms with van der Waals surface area (Å²) in [6, 6.07) is 15.0. The number of alkyl halides is 3. The highest BCUT2D eigenvalue weighted by atomic mass is 19.4. The summed E-state index contributed by atoms with van der Waals surface area (Å²) in [5.41, 5.74) is 3.19. The Hall–Kier alpha value is -2.50. The minimum absolute atomic E-state index is 0.417. The average molecular weight is 337 g/mol. The molecule has 0 aliphatic rings. The fourth-order valence-corrected chi connectivity index (χ4v) is 2.06.